The molecule has 0 bridgehead atoms. The van der Waals surface area contributed by atoms with Gasteiger partial charge in [-0.2, -0.15) is 0 Å². The SMILES string of the molecule is COC(=O)Cc1ccc(C(Nc2ccc(CCN(C)C)cc2)=C2C(=O)Nc3cc(F)ccc32)cc1. The Morgan fingerprint density at radius 3 is 2.34 bits per heavy atom. The van der Waals surface area contributed by atoms with Crippen molar-refractivity contribution >= 4 is 34.5 Å². The number of hydrogen-bond donors (Lipinski definition) is 2. The number of benzene rings is 3. The summed E-state index contributed by atoms with van der Waals surface area (Å²) in [5.41, 5.74) is 5.68. The van der Waals surface area contributed by atoms with Crippen LogP contribution in [0, 0.1) is 5.82 Å². The minimum atomic E-state index is -0.416. The molecule has 7 heteroatoms. The minimum absolute atomic E-state index is 0.160. The summed E-state index contributed by atoms with van der Waals surface area (Å²) in [5, 5.41) is 6.17. The lowest BCUT2D eigenvalue weighted by molar-refractivity contribution is -0.139. The third-order valence-corrected chi connectivity index (χ3v) is 5.87. The first-order chi connectivity index (χ1) is 16.8. The summed E-state index contributed by atoms with van der Waals surface area (Å²) in [4.78, 5) is 26.8. The number of methoxy groups -OCH3 is 1. The molecule has 35 heavy (non-hydrogen) atoms. The van der Waals surface area contributed by atoms with Crippen molar-refractivity contribution in [2.24, 2.45) is 0 Å². The van der Waals surface area contributed by atoms with Crippen molar-refractivity contribution in [1.82, 2.24) is 4.90 Å². The first-order valence-electron chi connectivity index (χ1n) is 11.4. The molecule has 1 heterocycles. The second-order valence-corrected chi connectivity index (χ2v) is 8.72. The number of amides is 1. The zero-order chi connectivity index (χ0) is 24.9. The van der Waals surface area contributed by atoms with Gasteiger partial charge in [-0.1, -0.05) is 36.4 Å². The van der Waals surface area contributed by atoms with E-state index in [1.54, 1.807) is 6.07 Å². The molecule has 0 atom stereocenters. The van der Waals surface area contributed by atoms with Crippen LogP contribution >= 0.6 is 0 Å². The standard InChI is InChI=1S/C28H28FN3O3/c1-32(2)15-14-18-6-11-22(12-7-18)30-27(20-8-4-19(5-9-20)16-25(33)35-3)26-23-13-10-21(29)17-24(23)31-28(26)34/h4-13,17,30H,14-16H2,1-3H3,(H,31,34). The van der Waals surface area contributed by atoms with Crippen molar-refractivity contribution in [3.8, 4) is 0 Å². The summed E-state index contributed by atoms with van der Waals surface area (Å²) in [5.74, 6) is -1.05. The van der Waals surface area contributed by atoms with Gasteiger partial charge in [0.25, 0.3) is 5.91 Å². The van der Waals surface area contributed by atoms with Crippen LogP contribution in [0.5, 0.6) is 0 Å². The van der Waals surface area contributed by atoms with Crippen LogP contribution in [-0.2, 0) is 27.2 Å². The Labute approximate surface area is 204 Å². The van der Waals surface area contributed by atoms with Gasteiger partial charge >= 0.3 is 5.97 Å². The number of ether oxygens (including phenoxy) is 1. The fraction of sp³-hybridized carbons (Fsp3) is 0.214. The Bertz CT molecular complexity index is 1270. The highest BCUT2D eigenvalue weighted by molar-refractivity contribution is 6.37. The lowest BCUT2D eigenvalue weighted by atomic mass is 9.98. The number of esters is 1. The molecule has 180 valence electrons. The van der Waals surface area contributed by atoms with Crippen molar-refractivity contribution < 1.29 is 18.7 Å². The first-order valence-corrected chi connectivity index (χ1v) is 11.4. The molecule has 0 fully saturated rings. The molecule has 1 aliphatic rings. The van der Waals surface area contributed by atoms with Gasteiger partial charge in [0, 0.05) is 17.8 Å². The highest BCUT2D eigenvalue weighted by Crippen LogP contribution is 2.38. The van der Waals surface area contributed by atoms with E-state index in [1.807, 2.05) is 50.5 Å². The molecule has 2 N–H and O–H groups in total. The summed E-state index contributed by atoms with van der Waals surface area (Å²) in [6.07, 6.45) is 1.09. The van der Waals surface area contributed by atoms with E-state index in [0.29, 0.717) is 22.5 Å². The van der Waals surface area contributed by atoms with Gasteiger partial charge in [-0.15, -0.1) is 0 Å². The number of nitrogens with zero attached hydrogens (tertiary/aromatic N) is 1. The molecule has 0 spiro atoms. The molecule has 3 aromatic carbocycles. The van der Waals surface area contributed by atoms with Crippen molar-refractivity contribution in [2.75, 3.05) is 38.4 Å². The number of carbonyl (C=O) groups is 2. The average molecular weight is 474 g/mol. The number of fused-ring (bicyclic) bond motifs is 1. The van der Waals surface area contributed by atoms with Gasteiger partial charge in [0.1, 0.15) is 5.82 Å². The van der Waals surface area contributed by atoms with Crippen LogP contribution in [0.3, 0.4) is 0 Å². The highest BCUT2D eigenvalue weighted by atomic mass is 19.1. The molecule has 1 aliphatic heterocycles. The molecule has 3 aromatic rings. The highest BCUT2D eigenvalue weighted by Gasteiger charge is 2.29. The molecule has 0 aliphatic carbocycles. The summed E-state index contributed by atoms with van der Waals surface area (Å²) in [6.45, 7) is 0.952. The number of hydrogen-bond acceptors (Lipinski definition) is 5. The Balaban J connectivity index is 1.72. The third kappa shape index (κ3) is 5.75. The van der Waals surface area contributed by atoms with E-state index in [9.17, 15) is 14.0 Å². The van der Waals surface area contributed by atoms with Crippen LogP contribution < -0.4 is 10.6 Å². The normalized spacial score (nSPS) is 13.9. The lowest BCUT2D eigenvalue weighted by Gasteiger charge is -2.16. The third-order valence-electron chi connectivity index (χ3n) is 5.87. The maximum atomic E-state index is 13.8. The summed E-state index contributed by atoms with van der Waals surface area (Å²) < 4.78 is 18.5. The maximum Gasteiger partial charge on any atom is 0.309 e. The van der Waals surface area contributed by atoms with Crippen molar-refractivity contribution in [2.45, 2.75) is 12.8 Å². The van der Waals surface area contributed by atoms with Crippen LogP contribution in [0.1, 0.15) is 22.3 Å². The lowest BCUT2D eigenvalue weighted by Crippen LogP contribution is -2.15. The van der Waals surface area contributed by atoms with Gasteiger partial charge in [0.2, 0.25) is 0 Å². The number of carbonyl (C=O) groups excluding carboxylic acids is 2. The van der Waals surface area contributed by atoms with Crippen LogP contribution in [-0.4, -0.2) is 44.5 Å². The Kier molecular flexibility index (Phi) is 7.27. The first kappa shape index (κ1) is 24.2. The average Bonchev–Trinajstić information content (AvgIpc) is 3.16. The predicted molar refractivity (Wildman–Crippen MR) is 136 cm³/mol. The van der Waals surface area contributed by atoms with Crippen molar-refractivity contribution in [3.63, 3.8) is 0 Å². The molecule has 0 aromatic heterocycles. The number of nitrogens with one attached hydrogen (secondary N) is 2. The van der Waals surface area contributed by atoms with Gasteiger partial charge in [-0.25, -0.2) is 4.39 Å². The second-order valence-electron chi connectivity index (χ2n) is 8.72. The van der Waals surface area contributed by atoms with E-state index in [1.165, 1.54) is 24.8 Å². The quantitative estimate of drug-likeness (QED) is 0.370. The van der Waals surface area contributed by atoms with E-state index in [2.05, 4.69) is 27.7 Å². The topological polar surface area (TPSA) is 70.7 Å². The van der Waals surface area contributed by atoms with E-state index >= 15 is 0 Å². The Hall–Kier alpha value is -3.97. The molecule has 0 saturated heterocycles. The fourth-order valence-electron chi connectivity index (χ4n) is 3.95. The van der Waals surface area contributed by atoms with E-state index in [4.69, 9.17) is 4.74 Å². The van der Waals surface area contributed by atoms with Crippen LogP contribution in [0.15, 0.2) is 66.7 Å². The number of likely N-dealkylation sites (N-methyl/N-ethyl adjacent to an activating group) is 1. The minimum Gasteiger partial charge on any atom is -0.469 e. The number of halogens is 1. The molecule has 1 amide bonds. The molecular weight excluding hydrogens is 445 g/mol. The van der Waals surface area contributed by atoms with Gasteiger partial charge in [0.15, 0.2) is 0 Å². The molecule has 0 saturated carbocycles. The van der Waals surface area contributed by atoms with Crippen LogP contribution in [0.4, 0.5) is 15.8 Å². The Morgan fingerprint density at radius 2 is 1.69 bits per heavy atom. The second kappa shape index (κ2) is 10.5. The number of anilines is 2. The van der Waals surface area contributed by atoms with Gasteiger partial charge in [-0.05, 0) is 67.5 Å². The number of rotatable bonds is 8. The summed E-state index contributed by atoms with van der Waals surface area (Å²) >= 11 is 0. The molecule has 6 nitrogen and oxygen atoms in total. The maximum absolute atomic E-state index is 13.8. The molecular formula is C28H28FN3O3. The zero-order valence-corrected chi connectivity index (χ0v) is 20.0. The molecule has 0 unspecified atom stereocenters. The molecule has 4 rings (SSSR count). The predicted octanol–water partition coefficient (Wildman–Crippen LogP) is 4.58. The van der Waals surface area contributed by atoms with E-state index < -0.39 is 5.82 Å². The van der Waals surface area contributed by atoms with Crippen LogP contribution in [0.2, 0.25) is 0 Å². The van der Waals surface area contributed by atoms with Crippen molar-refractivity contribution in [3.05, 3.63) is 94.8 Å². The monoisotopic (exact) mass is 473 g/mol. The largest absolute Gasteiger partial charge is 0.469 e. The van der Waals surface area contributed by atoms with Gasteiger partial charge < -0.3 is 20.3 Å². The van der Waals surface area contributed by atoms with Crippen molar-refractivity contribution in [1.29, 1.82) is 0 Å². The van der Waals surface area contributed by atoms with Gasteiger partial charge in [0.05, 0.1) is 30.5 Å². The summed E-state index contributed by atoms with van der Waals surface area (Å²) in [6, 6.07) is 19.7. The van der Waals surface area contributed by atoms with Gasteiger partial charge in [-0.3, -0.25) is 9.59 Å². The van der Waals surface area contributed by atoms with E-state index in [-0.39, 0.29) is 18.3 Å². The fourth-order valence-corrected chi connectivity index (χ4v) is 3.95. The van der Waals surface area contributed by atoms with Crippen LogP contribution in [0.25, 0.3) is 11.3 Å². The molecule has 0 radical (unpaired) electrons. The van der Waals surface area contributed by atoms with E-state index in [0.717, 1.165) is 29.8 Å². The Morgan fingerprint density at radius 1 is 1.00 bits per heavy atom. The summed E-state index contributed by atoms with van der Waals surface area (Å²) in [7, 11) is 5.44. The zero-order valence-electron chi connectivity index (χ0n) is 20.0. The smallest absolute Gasteiger partial charge is 0.309 e.